The first kappa shape index (κ1) is 18.8. The molecule has 0 saturated heterocycles. The molecule has 0 radical (unpaired) electrons. The van der Waals surface area contributed by atoms with E-state index in [2.05, 4.69) is 5.32 Å². The summed E-state index contributed by atoms with van der Waals surface area (Å²) in [5.41, 5.74) is 3.03. The Morgan fingerprint density at radius 1 is 1.16 bits per heavy atom. The molecule has 0 aromatic heterocycles. The molecule has 25 heavy (non-hydrogen) atoms. The van der Waals surface area contributed by atoms with Crippen LogP contribution in [0, 0.1) is 13.8 Å². The van der Waals surface area contributed by atoms with Gasteiger partial charge in [-0.3, -0.25) is 9.59 Å². The average Bonchev–Trinajstić information content (AvgIpc) is 2.53. The second-order valence-corrected chi connectivity index (χ2v) is 6.20. The first-order valence-electron chi connectivity index (χ1n) is 7.80. The van der Waals surface area contributed by atoms with Crippen molar-refractivity contribution in [2.75, 3.05) is 23.9 Å². The molecule has 0 unspecified atom stereocenters. The number of amides is 2. The first-order valence-corrected chi connectivity index (χ1v) is 8.18. The van der Waals surface area contributed by atoms with E-state index in [-0.39, 0.29) is 18.4 Å². The number of carbonyl (C=O) groups excluding carboxylic acids is 2. The molecule has 132 valence electrons. The van der Waals surface area contributed by atoms with Crippen LogP contribution in [-0.4, -0.2) is 25.5 Å². The maximum atomic E-state index is 12.4. The Balaban J connectivity index is 2.19. The molecule has 0 atom stereocenters. The summed E-state index contributed by atoms with van der Waals surface area (Å²) in [5, 5.41) is 3.22. The monoisotopic (exact) mass is 360 g/mol. The van der Waals surface area contributed by atoms with Gasteiger partial charge in [-0.05, 0) is 55.3 Å². The molecule has 0 aliphatic heterocycles. The standard InChI is InChI=1S/C19H21ClN2O3/c1-12-9-13(2)19(17(20)10-12)22(14(3)23)11-18(24)21-15-5-7-16(25-4)8-6-15/h5-10H,11H2,1-4H3,(H,21,24). The van der Waals surface area contributed by atoms with Crippen LogP contribution in [-0.2, 0) is 9.59 Å². The molecule has 2 aromatic carbocycles. The van der Waals surface area contributed by atoms with Gasteiger partial charge >= 0.3 is 0 Å². The minimum absolute atomic E-state index is 0.120. The number of ether oxygens (including phenoxy) is 1. The summed E-state index contributed by atoms with van der Waals surface area (Å²) >= 11 is 6.31. The molecule has 6 heteroatoms. The molecule has 0 aliphatic carbocycles. The van der Waals surface area contributed by atoms with E-state index in [1.165, 1.54) is 11.8 Å². The average molecular weight is 361 g/mol. The largest absolute Gasteiger partial charge is 0.497 e. The SMILES string of the molecule is COc1ccc(NC(=O)CN(C(C)=O)c2c(C)cc(C)cc2Cl)cc1. The van der Waals surface area contributed by atoms with E-state index in [9.17, 15) is 9.59 Å². The Hall–Kier alpha value is -2.53. The summed E-state index contributed by atoms with van der Waals surface area (Å²) < 4.78 is 5.08. The van der Waals surface area contributed by atoms with Gasteiger partial charge in [0.05, 0.1) is 17.8 Å². The number of hydrogen-bond acceptors (Lipinski definition) is 3. The van der Waals surface area contributed by atoms with Crippen LogP contribution in [0.4, 0.5) is 11.4 Å². The third-order valence-electron chi connectivity index (χ3n) is 3.72. The van der Waals surface area contributed by atoms with Gasteiger partial charge < -0.3 is 15.0 Å². The summed E-state index contributed by atoms with van der Waals surface area (Å²) in [6.45, 7) is 5.09. The van der Waals surface area contributed by atoms with Crippen molar-refractivity contribution in [3.8, 4) is 5.75 Å². The predicted octanol–water partition coefficient (Wildman–Crippen LogP) is 3.96. The van der Waals surface area contributed by atoms with Crippen LogP contribution in [0.1, 0.15) is 18.1 Å². The number of nitrogens with one attached hydrogen (secondary N) is 1. The number of anilines is 2. The van der Waals surface area contributed by atoms with Crippen LogP contribution in [0.2, 0.25) is 5.02 Å². The van der Waals surface area contributed by atoms with Gasteiger partial charge in [-0.25, -0.2) is 0 Å². The Labute approximate surface area is 152 Å². The van der Waals surface area contributed by atoms with Gasteiger partial charge in [0, 0.05) is 12.6 Å². The van der Waals surface area contributed by atoms with Crippen molar-refractivity contribution in [1.82, 2.24) is 0 Å². The number of rotatable bonds is 5. The zero-order valence-corrected chi connectivity index (χ0v) is 15.5. The Morgan fingerprint density at radius 2 is 1.80 bits per heavy atom. The van der Waals surface area contributed by atoms with E-state index in [0.29, 0.717) is 22.1 Å². The molecular weight excluding hydrogens is 340 g/mol. The van der Waals surface area contributed by atoms with Crippen LogP contribution < -0.4 is 15.0 Å². The van der Waals surface area contributed by atoms with Crippen molar-refractivity contribution in [3.05, 3.63) is 52.5 Å². The molecular formula is C19H21ClN2O3. The summed E-state index contributed by atoms with van der Waals surface area (Å²) in [6, 6.07) is 10.7. The third kappa shape index (κ3) is 4.73. The zero-order chi connectivity index (χ0) is 18.6. The number of benzene rings is 2. The number of nitrogens with zero attached hydrogens (tertiary/aromatic N) is 1. The molecule has 0 aliphatic rings. The van der Waals surface area contributed by atoms with Crippen LogP contribution in [0.15, 0.2) is 36.4 Å². The molecule has 0 fully saturated rings. The van der Waals surface area contributed by atoms with E-state index >= 15 is 0 Å². The van der Waals surface area contributed by atoms with Crippen LogP contribution >= 0.6 is 11.6 Å². The number of halogens is 1. The van der Waals surface area contributed by atoms with E-state index in [0.717, 1.165) is 11.1 Å². The van der Waals surface area contributed by atoms with Crippen molar-refractivity contribution in [1.29, 1.82) is 0 Å². The lowest BCUT2D eigenvalue weighted by Gasteiger charge is -2.24. The number of carbonyl (C=O) groups is 2. The molecule has 2 rings (SSSR count). The second kappa shape index (κ2) is 8.03. The Bertz CT molecular complexity index is 765. The topological polar surface area (TPSA) is 58.6 Å². The molecule has 2 aromatic rings. The van der Waals surface area contributed by atoms with E-state index in [1.54, 1.807) is 37.4 Å². The van der Waals surface area contributed by atoms with Gasteiger partial charge in [0.15, 0.2) is 0 Å². The fourth-order valence-corrected chi connectivity index (χ4v) is 3.04. The highest BCUT2D eigenvalue weighted by molar-refractivity contribution is 6.34. The normalized spacial score (nSPS) is 10.3. The lowest BCUT2D eigenvalue weighted by Crippen LogP contribution is -2.37. The van der Waals surface area contributed by atoms with Crippen LogP contribution in [0.25, 0.3) is 0 Å². The highest BCUT2D eigenvalue weighted by Crippen LogP contribution is 2.31. The van der Waals surface area contributed by atoms with Crippen molar-refractivity contribution >= 4 is 34.8 Å². The zero-order valence-electron chi connectivity index (χ0n) is 14.7. The molecule has 0 bridgehead atoms. The summed E-state index contributed by atoms with van der Waals surface area (Å²) in [5.74, 6) is 0.139. The quantitative estimate of drug-likeness (QED) is 0.878. The van der Waals surface area contributed by atoms with Crippen molar-refractivity contribution in [2.24, 2.45) is 0 Å². The molecule has 0 heterocycles. The van der Waals surface area contributed by atoms with Crippen LogP contribution in [0.3, 0.4) is 0 Å². The van der Waals surface area contributed by atoms with Crippen molar-refractivity contribution < 1.29 is 14.3 Å². The Kier molecular flexibility index (Phi) is 6.04. The van der Waals surface area contributed by atoms with E-state index < -0.39 is 0 Å². The molecule has 2 amide bonds. The third-order valence-corrected chi connectivity index (χ3v) is 4.01. The molecule has 0 saturated carbocycles. The van der Waals surface area contributed by atoms with E-state index in [1.807, 2.05) is 19.9 Å². The number of methoxy groups -OCH3 is 1. The second-order valence-electron chi connectivity index (χ2n) is 5.79. The maximum Gasteiger partial charge on any atom is 0.244 e. The number of aryl methyl sites for hydroxylation is 2. The minimum Gasteiger partial charge on any atom is -0.497 e. The van der Waals surface area contributed by atoms with E-state index in [4.69, 9.17) is 16.3 Å². The van der Waals surface area contributed by atoms with Gasteiger partial charge in [0.1, 0.15) is 12.3 Å². The predicted molar refractivity (Wildman–Crippen MR) is 101 cm³/mol. The fourth-order valence-electron chi connectivity index (χ4n) is 2.62. The summed E-state index contributed by atoms with van der Waals surface area (Å²) in [4.78, 5) is 25.8. The van der Waals surface area contributed by atoms with Gasteiger partial charge in [-0.2, -0.15) is 0 Å². The van der Waals surface area contributed by atoms with Crippen molar-refractivity contribution in [3.63, 3.8) is 0 Å². The fraction of sp³-hybridized carbons (Fsp3) is 0.263. The van der Waals surface area contributed by atoms with Crippen LogP contribution in [0.5, 0.6) is 5.75 Å². The van der Waals surface area contributed by atoms with Crippen molar-refractivity contribution in [2.45, 2.75) is 20.8 Å². The first-order chi connectivity index (χ1) is 11.8. The Morgan fingerprint density at radius 3 is 2.32 bits per heavy atom. The highest BCUT2D eigenvalue weighted by atomic mass is 35.5. The lowest BCUT2D eigenvalue weighted by atomic mass is 10.1. The maximum absolute atomic E-state index is 12.4. The smallest absolute Gasteiger partial charge is 0.244 e. The van der Waals surface area contributed by atoms with Gasteiger partial charge in [-0.1, -0.05) is 17.7 Å². The van der Waals surface area contributed by atoms with Gasteiger partial charge in [0.2, 0.25) is 11.8 Å². The molecule has 5 nitrogen and oxygen atoms in total. The summed E-state index contributed by atoms with van der Waals surface area (Å²) in [7, 11) is 1.58. The van der Waals surface area contributed by atoms with Gasteiger partial charge in [-0.15, -0.1) is 0 Å². The lowest BCUT2D eigenvalue weighted by molar-refractivity contribution is -0.120. The highest BCUT2D eigenvalue weighted by Gasteiger charge is 2.20. The minimum atomic E-state index is -0.309. The molecule has 1 N–H and O–H groups in total. The summed E-state index contributed by atoms with van der Waals surface area (Å²) in [6.07, 6.45) is 0. The number of hydrogen-bond donors (Lipinski definition) is 1. The molecule has 0 spiro atoms. The van der Waals surface area contributed by atoms with Gasteiger partial charge in [0.25, 0.3) is 0 Å².